The van der Waals surface area contributed by atoms with Crippen molar-refractivity contribution < 1.29 is 4.74 Å². The van der Waals surface area contributed by atoms with Gasteiger partial charge < -0.3 is 4.74 Å². The Labute approximate surface area is 153 Å². The molecule has 0 bridgehead atoms. The SMILES string of the molecule is c1ccc(C2NC(c3ccccc3)c3c(ccc4ccccc34)O2)cc1. The second kappa shape index (κ2) is 6.32. The van der Waals surface area contributed by atoms with Gasteiger partial charge >= 0.3 is 0 Å². The van der Waals surface area contributed by atoms with Gasteiger partial charge in [-0.3, -0.25) is 5.32 Å². The lowest BCUT2D eigenvalue weighted by Gasteiger charge is -2.35. The van der Waals surface area contributed by atoms with Crippen molar-refractivity contribution in [2.24, 2.45) is 0 Å². The van der Waals surface area contributed by atoms with E-state index in [4.69, 9.17) is 4.74 Å². The van der Waals surface area contributed by atoms with Crippen molar-refractivity contribution >= 4 is 10.8 Å². The Morgan fingerprint density at radius 3 is 2.04 bits per heavy atom. The van der Waals surface area contributed by atoms with Crippen molar-refractivity contribution in [3.05, 3.63) is 114 Å². The van der Waals surface area contributed by atoms with Crippen LogP contribution in [0.5, 0.6) is 5.75 Å². The van der Waals surface area contributed by atoms with E-state index in [1.54, 1.807) is 0 Å². The normalized spacial score (nSPS) is 18.9. The molecule has 4 aromatic rings. The van der Waals surface area contributed by atoms with Crippen molar-refractivity contribution in [1.82, 2.24) is 5.32 Å². The first-order valence-electron chi connectivity index (χ1n) is 8.94. The van der Waals surface area contributed by atoms with E-state index in [1.807, 2.05) is 18.2 Å². The Bertz CT molecular complexity index is 1040. The smallest absolute Gasteiger partial charge is 0.177 e. The molecule has 0 aromatic heterocycles. The predicted molar refractivity (Wildman–Crippen MR) is 105 cm³/mol. The van der Waals surface area contributed by atoms with Gasteiger partial charge in [-0.2, -0.15) is 0 Å². The molecule has 2 heteroatoms. The maximum absolute atomic E-state index is 6.37. The highest BCUT2D eigenvalue weighted by atomic mass is 16.5. The van der Waals surface area contributed by atoms with Crippen molar-refractivity contribution in [2.45, 2.75) is 12.3 Å². The summed E-state index contributed by atoms with van der Waals surface area (Å²) in [5, 5.41) is 6.18. The average molecular weight is 337 g/mol. The Kier molecular flexibility index (Phi) is 3.69. The minimum absolute atomic E-state index is 0.0799. The Balaban J connectivity index is 1.70. The second-order valence-electron chi connectivity index (χ2n) is 6.62. The number of hydrogen-bond donors (Lipinski definition) is 1. The predicted octanol–water partition coefficient (Wildman–Crippen LogP) is 5.61. The molecule has 1 aliphatic rings. The van der Waals surface area contributed by atoms with Crippen LogP contribution in [0.4, 0.5) is 0 Å². The molecule has 5 rings (SSSR count). The zero-order valence-electron chi connectivity index (χ0n) is 14.3. The van der Waals surface area contributed by atoms with Crippen LogP contribution < -0.4 is 10.1 Å². The van der Waals surface area contributed by atoms with Crippen LogP contribution in [-0.4, -0.2) is 0 Å². The lowest BCUT2D eigenvalue weighted by Crippen LogP contribution is -2.35. The van der Waals surface area contributed by atoms with E-state index < -0.39 is 0 Å². The van der Waals surface area contributed by atoms with Gasteiger partial charge in [0.15, 0.2) is 6.23 Å². The molecule has 0 radical (unpaired) electrons. The van der Waals surface area contributed by atoms with E-state index >= 15 is 0 Å². The zero-order valence-corrected chi connectivity index (χ0v) is 14.3. The summed E-state index contributed by atoms with van der Waals surface area (Å²) >= 11 is 0. The Hall–Kier alpha value is -3.10. The lowest BCUT2D eigenvalue weighted by atomic mass is 9.91. The first kappa shape index (κ1) is 15.2. The Morgan fingerprint density at radius 1 is 0.615 bits per heavy atom. The largest absolute Gasteiger partial charge is 0.471 e. The van der Waals surface area contributed by atoms with Crippen LogP contribution in [-0.2, 0) is 0 Å². The highest BCUT2D eigenvalue weighted by molar-refractivity contribution is 5.89. The third-order valence-corrected chi connectivity index (χ3v) is 5.02. The number of ether oxygens (including phenoxy) is 1. The molecular formula is C24H19NO. The maximum Gasteiger partial charge on any atom is 0.177 e. The van der Waals surface area contributed by atoms with Gasteiger partial charge in [-0.1, -0.05) is 91.0 Å². The van der Waals surface area contributed by atoms with Crippen LogP contribution in [0.1, 0.15) is 29.0 Å². The summed E-state index contributed by atoms with van der Waals surface area (Å²) in [5.41, 5.74) is 3.59. The van der Waals surface area contributed by atoms with Gasteiger partial charge in [-0.15, -0.1) is 0 Å². The molecule has 1 aliphatic heterocycles. The van der Waals surface area contributed by atoms with Crippen LogP contribution in [0.15, 0.2) is 97.1 Å². The Morgan fingerprint density at radius 2 is 1.27 bits per heavy atom. The first-order valence-corrected chi connectivity index (χ1v) is 8.94. The van der Waals surface area contributed by atoms with E-state index in [-0.39, 0.29) is 12.3 Å². The summed E-state index contributed by atoms with van der Waals surface area (Å²) in [6.07, 6.45) is -0.171. The quantitative estimate of drug-likeness (QED) is 0.513. The van der Waals surface area contributed by atoms with Gasteiger partial charge in [0.1, 0.15) is 5.75 Å². The van der Waals surface area contributed by atoms with Crippen LogP contribution >= 0.6 is 0 Å². The molecule has 0 saturated heterocycles. The number of fused-ring (bicyclic) bond motifs is 3. The molecular weight excluding hydrogens is 318 g/mol. The van der Waals surface area contributed by atoms with Crippen molar-refractivity contribution in [2.75, 3.05) is 0 Å². The van der Waals surface area contributed by atoms with Crippen LogP contribution in [0, 0.1) is 0 Å². The van der Waals surface area contributed by atoms with E-state index in [1.165, 1.54) is 21.9 Å². The minimum Gasteiger partial charge on any atom is -0.471 e. The molecule has 0 fully saturated rings. The van der Waals surface area contributed by atoms with Crippen LogP contribution in [0.3, 0.4) is 0 Å². The standard InChI is InChI=1S/C24H19NO/c1-3-10-18(11-4-1)23-22-20-14-8-7-9-17(20)15-16-21(22)26-24(25-23)19-12-5-2-6-13-19/h1-16,23-25H. The summed E-state index contributed by atoms with van der Waals surface area (Å²) in [6, 6.07) is 33.8. The molecule has 0 aliphatic carbocycles. The van der Waals surface area contributed by atoms with Crippen LogP contribution in [0.2, 0.25) is 0 Å². The molecule has 126 valence electrons. The molecule has 0 saturated carbocycles. The van der Waals surface area contributed by atoms with Gasteiger partial charge in [0.2, 0.25) is 0 Å². The summed E-state index contributed by atoms with van der Waals surface area (Å²) in [5.74, 6) is 0.949. The number of rotatable bonds is 2. The maximum atomic E-state index is 6.37. The summed E-state index contributed by atoms with van der Waals surface area (Å²) in [7, 11) is 0. The topological polar surface area (TPSA) is 21.3 Å². The summed E-state index contributed by atoms with van der Waals surface area (Å²) in [6.45, 7) is 0. The molecule has 1 N–H and O–H groups in total. The van der Waals surface area contributed by atoms with Crippen molar-refractivity contribution in [3.8, 4) is 5.75 Å². The van der Waals surface area contributed by atoms with E-state index in [9.17, 15) is 0 Å². The minimum atomic E-state index is -0.171. The third kappa shape index (κ3) is 2.56. The van der Waals surface area contributed by atoms with E-state index in [2.05, 4.69) is 84.2 Å². The van der Waals surface area contributed by atoms with Crippen molar-refractivity contribution in [1.29, 1.82) is 0 Å². The highest BCUT2D eigenvalue weighted by Crippen LogP contribution is 2.42. The molecule has 4 aromatic carbocycles. The number of hydrogen-bond acceptors (Lipinski definition) is 2. The molecule has 1 heterocycles. The fraction of sp³-hybridized carbons (Fsp3) is 0.0833. The van der Waals surface area contributed by atoms with Gasteiger partial charge in [0.05, 0.1) is 6.04 Å². The van der Waals surface area contributed by atoms with Gasteiger partial charge in [0.25, 0.3) is 0 Å². The number of benzene rings is 4. The monoisotopic (exact) mass is 337 g/mol. The zero-order chi connectivity index (χ0) is 17.3. The molecule has 0 amide bonds. The number of nitrogens with one attached hydrogen (secondary N) is 1. The van der Waals surface area contributed by atoms with Gasteiger partial charge in [0, 0.05) is 11.1 Å². The summed E-state index contributed by atoms with van der Waals surface area (Å²) in [4.78, 5) is 0. The molecule has 2 atom stereocenters. The summed E-state index contributed by atoms with van der Waals surface area (Å²) < 4.78 is 6.37. The fourth-order valence-corrected chi connectivity index (χ4v) is 3.77. The average Bonchev–Trinajstić information content (AvgIpc) is 2.74. The third-order valence-electron chi connectivity index (χ3n) is 5.02. The van der Waals surface area contributed by atoms with Crippen molar-refractivity contribution in [3.63, 3.8) is 0 Å². The second-order valence-corrected chi connectivity index (χ2v) is 6.62. The lowest BCUT2D eigenvalue weighted by molar-refractivity contribution is 0.134. The molecule has 26 heavy (non-hydrogen) atoms. The van der Waals surface area contributed by atoms with E-state index in [0.29, 0.717) is 0 Å². The molecule has 2 unspecified atom stereocenters. The highest BCUT2D eigenvalue weighted by Gasteiger charge is 2.30. The van der Waals surface area contributed by atoms with Gasteiger partial charge in [-0.05, 0) is 22.4 Å². The fourth-order valence-electron chi connectivity index (χ4n) is 3.77. The molecule has 2 nitrogen and oxygen atoms in total. The van der Waals surface area contributed by atoms with Crippen LogP contribution in [0.25, 0.3) is 10.8 Å². The first-order chi connectivity index (χ1) is 12.9. The van der Waals surface area contributed by atoms with Gasteiger partial charge in [-0.25, -0.2) is 0 Å². The molecule has 0 spiro atoms. The van der Waals surface area contributed by atoms with E-state index in [0.717, 1.165) is 11.3 Å².